The van der Waals surface area contributed by atoms with E-state index in [-0.39, 0.29) is 0 Å². The van der Waals surface area contributed by atoms with Gasteiger partial charge >= 0.3 is 0 Å². The standard InChI is InChI=1S/C10H19N/c1-4-6-8(5-2)9-7-10(9)11-3/h6,9-11H,4-5,7H2,1-3H3/b8-6+. The Kier molecular flexibility index (Phi) is 3.13. The van der Waals surface area contributed by atoms with E-state index in [0.29, 0.717) is 0 Å². The summed E-state index contributed by atoms with van der Waals surface area (Å²) in [6, 6.07) is 0.785. The first kappa shape index (κ1) is 8.79. The molecule has 0 aromatic carbocycles. The van der Waals surface area contributed by atoms with E-state index in [2.05, 4.69) is 32.3 Å². The minimum Gasteiger partial charge on any atom is -0.316 e. The van der Waals surface area contributed by atoms with E-state index in [9.17, 15) is 0 Å². The van der Waals surface area contributed by atoms with Gasteiger partial charge in [0.05, 0.1) is 0 Å². The molecule has 0 heterocycles. The third-order valence-corrected chi connectivity index (χ3v) is 2.51. The van der Waals surface area contributed by atoms with Crippen LogP contribution in [0.1, 0.15) is 33.1 Å². The largest absolute Gasteiger partial charge is 0.316 e. The van der Waals surface area contributed by atoms with Crippen molar-refractivity contribution in [1.29, 1.82) is 0 Å². The molecule has 0 bridgehead atoms. The van der Waals surface area contributed by atoms with Crippen LogP contribution in [0, 0.1) is 5.92 Å². The van der Waals surface area contributed by atoms with Crippen molar-refractivity contribution in [2.24, 2.45) is 5.92 Å². The molecule has 0 amide bonds. The predicted octanol–water partition coefficient (Wildman–Crippen LogP) is 2.34. The van der Waals surface area contributed by atoms with Crippen LogP contribution in [0.3, 0.4) is 0 Å². The highest BCUT2D eigenvalue weighted by Crippen LogP contribution is 2.38. The highest BCUT2D eigenvalue weighted by Gasteiger charge is 2.37. The van der Waals surface area contributed by atoms with E-state index in [1.54, 1.807) is 5.57 Å². The number of rotatable bonds is 4. The van der Waals surface area contributed by atoms with Gasteiger partial charge in [0.2, 0.25) is 0 Å². The van der Waals surface area contributed by atoms with Gasteiger partial charge in [-0.2, -0.15) is 0 Å². The van der Waals surface area contributed by atoms with Crippen LogP contribution in [-0.4, -0.2) is 13.1 Å². The Morgan fingerprint density at radius 2 is 2.27 bits per heavy atom. The Morgan fingerprint density at radius 1 is 1.55 bits per heavy atom. The van der Waals surface area contributed by atoms with Crippen molar-refractivity contribution in [3.63, 3.8) is 0 Å². The molecule has 0 spiro atoms. The van der Waals surface area contributed by atoms with Crippen molar-refractivity contribution in [1.82, 2.24) is 5.32 Å². The van der Waals surface area contributed by atoms with Gasteiger partial charge in [0, 0.05) is 6.04 Å². The van der Waals surface area contributed by atoms with Crippen molar-refractivity contribution < 1.29 is 0 Å². The second-order valence-electron chi connectivity index (χ2n) is 3.28. The second-order valence-corrected chi connectivity index (χ2v) is 3.28. The Balaban J connectivity index is 2.39. The van der Waals surface area contributed by atoms with Gasteiger partial charge in [-0.1, -0.05) is 25.5 Å². The first-order valence-corrected chi connectivity index (χ1v) is 4.69. The predicted molar refractivity (Wildman–Crippen MR) is 49.6 cm³/mol. The lowest BCUT2D eigenvalue weighted by Crippen LogP contribution is -2.11. The lowest BCUT2D eigenvalue weighted by molar-refractivity contribution is 0.741. The van der Waals surface area contributed by atoms with Crippen LogP contribution in [0.15, 0.2) is 11.6 Å². The van der Waals surface area contributed by atoms with Crippen LogP contribution in [0.25, 0.3) is 0 Å². The normalized spacial score (nSPS) is 30.6. The highest BCUT2D eigenvalue weighted by atomic mass is 14.9. The Labute approximate surface area is 69.9 Å². The smallest absolute Gasteiger partial charge is 0.0136 e. The molecular formula is C10H19N. The zero-order valence-electron chi connectivity index (χ0n) is 7.85. The molecule has 1 N–H and O–H groups in total. The summed E-state index contributed by atoms with van der Waals surface area (Å²) in [5.41, 5.74) is 1.66. The summed E-state index contributed by atoms with van der Waals surface area (Å²) in [7, 11) is 2.06. The quantitative estimate of drug-likeness (QED) is 0.611. The van der Waals surface area contributed by atoms with Crippen molar-refractivity contribution >= 4 is 0 Å². The van der Waals surface area contributed by atoms with E-state index in [4.69, 9.17) is 0 Å². The van der Waals surface area contributed by atoms with Gasteiger partial charge in [0.15, 0.2) is 0 Å². The van der Waals surface area contributed by atoms with Crippen molar-refractivity contribution in [3.05, 3.63) is 11.6 Å². The molecule has 1 aliphatic rings. The molecule has 1 rings (SSSR count). The SMILES string of the molecule is CC/C=C(\CC)C1CC1NC. The molecule has 64 valence electrons. The van der Waals surface area contributed by atoms with Gasteiger partial charge in [-0.3, -0.25) is 0 Å². The number of hydrogen-bond acceptors (Lipinski definition) is 1. The third kappa shape index (κ3) is 2.06. The molecule has 1 saturated carbocycles. The first-order valence-electron chi connectivity index (χ1n) is 4.69. The van der Waals surface area contributed by atoms with E-state index < -0.39 is 0 Å². The monoisotopic (exact) mass is 153 g/mol. The Bertz CT molecular complexity index is 149. The lowest BCUT2D eigenvalue weighted by Gasteiger charge is -2.02. The van der Waals surface area contributed by atoms with Crippen LogP contribution >= 0.6 is 0 Å². The zero-order valence-corrected chi connectivity index (χ0v) is 7.85. The van der Waals surface area contributed by atoms with Gasteiger partial charge in [-0.25, -0.2) is 0 Å². The van der Waals surface area contributed by atoms with Crippen molar-refractivity contribution in [3.8, 4) is 0 Å². The first-order chi connectivity index (χ1) is 5.33. The van der Waals surface area contributed by atoms with Crippen LogP contribution in [0.2, 0.25) is 0 Å². The Hall–Kier alpha value is -0.300. The molecule has 0 aromatic heterocycles. The van der Waals surface area contributed by atoms with Gasteiger partial charge < -0.3 is 5.32 Å². The fourth-order valence-electron chi connectivity index (χ4n) is 1.74. The molecule has 11 heavy (non-hydrogen) atoms. The van der Waals surface area contributed by atoms with Crippen LogP contribution in [0.5, 0.6) is 0 Å². The summed E-state index contributed by atoms with van der Waals surface area (Å²) < 4.78 is 0. The highest BCUT2D eigenvalue weighted by molar-refractivity contribution is 5.17. The molecular weight excluding hydrogens is 134 g/mol. The molecule has 1 aliphatic carbocycles. The minimum absolute atomic E-state index is 0.785. The number of hydrogen-bond donors (Lipinski definition) is 1. The fraction of sp³-hybridized carbons (Fsp3) is 0.800. The average molecular weight is 153 g/mol. The molecule has 2 atom stereocenters. The van der Waals surface area contributed by atoms with Gasteiger partial charge in [-0.15, -0.1) is 0 Å². The molecule has 1 heteroatoms. The number of nitrogens with one attached hydrogen (secondary N) is 1. The fourth-order valence-corrected chi connectivity index (χ4v) is 1.74. The maximum atomic E-state index is 3.32. The molecule has 1 nitrogen and oxygen atoms in total. The summed E-state index contributed by atoms with van der Waals surface area (Å²) in [6.07, 6.45) is 6.17. The van der Waals surface area contributed by atoms with Crippen molar-refractivity contribution in [2.45, 2.75) is 39.2 Å². The van der Waals surface area contributed by atoms with Gasteiger partial charge in [-0.05, 0) is 32.2 Å². The van der Waals surface area contributed by atoms with Crippen LogP contribution < -0.4 is 5.32 Å². The van der Waals surface area contributed by atoms with E-state index >= 15 is 0 Å². The second kappa shape index (κ2) is 3.91. The maximum Gasteiger partial charge on any atom is 0.0136 e. The van der Waals surface area contributed by atoms with Crippen LogP contribution in [0.4, 0.5) is 0 Å². The maximum absolute atomic E-state index is 3.32. The molecule has 0 aromatic rings. The summed E-state index contributed by atoms with van der Waals surface area (Å²) in [4.78, 5) is 0. The van der Waals surface area contributed by atoms with Gasteiger partial charge in [0.25, 0.3) is 0 Å². The molecule has 0 saturated heterocycles. The average Bonchev–Trinajstić information content (AvgIpc) is 2.79. The zero-order chi connectivity index (χ0) is 8.27. The third-order valence-electron chi connectivity index (χ3n) is 2.51. The summed E-state index contributed by atoms with van der Waals surface area (Å²) in [5.74, 6) is 0.866. The summed E-state index contributed by atoms with van der Waals surface area (Å²) in [5, 5.41) is 3.32. The molecule has 1 fully saturated rings. The minimum atomic E-state index is 0.785. The summed E-state index contributed by atoms with van der Waals surface area (Å²) in [6.45, 7) is 4.47. The van der Waals surface area contributed by atoms with Crippen LogP contribution in [-0.2, 0) is 0 Å². The molecule has 0 aliphatic heterocycles. The van der Waals surface area contributed by atoms with Gasteiger partial charge in [0.1, 0.15) is 0 Å². The number of allylic oxidation sites excluding steroid dienone is 1. The van der Waals surface area contributed by atoms with E-state index in [1.807, 2.05) is 0 Å². The van der Waals surface area contributed by atoms with E-state index in [0.717, 1.165) is 12.0 Å². The molecule has 0 radical (unpaired) electrons. The topological polar surface area (TPSA) is 12.0 Å². The Morgan fingerprint density at radius 3 is 2.64 bits per heavy atom. The van der Waals surface area contributed by atoms with E-state index in [1.165, 1.54) is 19.3 Å². The summed E-state index contributed by atoms with van der Waals surface area (Å²) >= 11 is 0. The lowest BCUT2D eigenvalue weighted by atomic mass is 10.1. The molecule has 2 unspecified atom stereocenters. The van der Waals surface area contributed by atoms with Crippen molar-refractivity contribution in [2.75, 3.05) is 7.05 Å².